The van der Waals surface area contributed by atoms with Crippen LogP contribution < -0.4 is 0 Å². The number of amides is 1. The van der Waals surface area contributed by atoms with Crippen LogP contribution in [-0.2, 0) is 9.84 Å². The molecule has 110 valence electrons. The molecule has 0 radical (unpaired) electrons. The Morgan fingerprint density at radius 3 is 2.60 bits per heavy atom. The van der Waals surface area contributed by atoms with Crippen LogP contribution in [0.1, 0.15) is 23.7 Å². The van der Waals surface area contributed by atoms with Crippen molar-refractivity contribution in [1.82, 2.24) is 4.90 Å². The normalized spacial score (nSPS) is 20.9. The van der Waals surface area contributed by atoms with Crippen molar-refractivity contribution in [3.8, 4) is 0 Å². The van der Waals surface area contributed by atoms with Gasteiger partial charge in [-0.3, -0.25) is 4.79 Å². The third kappa shape index (κ3) is 3.43. The van der Waals surface area contributed by atoms with E-state index in [1.807, 2.05) is 13.0 Å². The summed E-state index contributed by atoms with van der Waals surface area (Å²) in [5.74, 6) is 0.109. The zero-order chi connectivity index (χ0) is 14.9. The second kappa shape index (κ2) is 6.15. The molecular formula is C13H15Br2NO3S. The van der Waals surface area contributed by atoms with Crippen molar-refractivity contribution < 1.29 is 13.2 Å². The van der Waals surface area contributed by atoms with Gasteiger partial charge >= 0.3 is 0 Å². The minimum atomic E-state index is -3.00. The average Bonchev–Trinajstić information content (AvgIpc) is 2.70. The quantitative estimate of drug-likeness (QED) is 0.749. The number of nitrogens with zero attached hydrogens (tertiary/aromatic N) is 1. The van der Waals surface area contributed by atoms with Gasteiger partial charge in [0.15, 0.2) is 9.84 Å². The van der Waals surface area contributed by atoms with Crippen molar-refractivity contribution in [2.45, 2.75) is 19.4 Å². The molecule has 0 spiro atoms. The van der Waals surface area contributed by atoms with E-state index in [9.17, 15) is 13.2 Å². The molecule has 1 aromatic rings. The highest BCUT2D eigenvalue weighted by Crippen LogP contribution is 2.26. The SMILES string of the molecule is CCN(C(=O)c1ccc(Br)cc1Br)C1CCS(=O)(=O)C1. The number of carbonyl (C=O) groups excluding carboxylic acids is 1. The van der Waals surface area contributed by atoms with Crippen molar-refractivity contribution in [3.63, 3.8) is 0 Å². The van der Waals surface area contributed by atoms with Crippen molar-refractivity contribution in [1.29, 1.82) is 0 Å². The summed E-state index contributed by atoms with van der Waals surface area (Å²) in [6.45, 7) is 2.37. The van der Waals surface area contributed by atoms with E-state index in [0.29, 0.717) is 23.0 Å². The van der Waals surface area contributed by atoms with Crippen molar-refractivity contribution in [3.05, 3.63) is 32.7 Å². The fourth-order valence-electron chi connectivity index (χ4n) is 2.41. The molecule has 2 rings (SSSR count). The van der Waals surface area contributed by atoms with Crippen molar-refractivity contribution >= 4 is 47.6 Å². The molecule has 1 heterocycles. The van der Waals surface area contributed by atoms with Gasteiger partial charge in [0.25, 0.3) is 5.91 Å². The summed E-state index contributed by atoms with van der Waals surface area (Å²) < 4.78 is 24.7. The molecule has 1 atom stereocenters. The number of hydrogen-bond donors (Lipinski definition) is 0. The molecule has 1 saturated heterocycles. The van der Waals surface area contributed by atoms with Crippen LogP contribution in [0.2, 0.25) is 0 Å². The zero-order valence-corrected chi connectivity index (χ0v) is 15.0. The van der Waals surface area contributed by atoms with Gasteiger partial charge in [-0.15, -0.1) is 0 Å². The molecule has 1 aromatic carbocycles. The third-order valence-corrected chi connectivity index (χ3v) is 6.31. The van der Waals surface area contributed by atoms with Crippen molar-refractivity contribution in [2.75, 3.05) is 18.1 Å². The van der Waals surface area contributed by atoms with Crippen LogP contribution in [0.15, 0.2) is 27.1 Å². The Hall–Kier alpha value is -0.400. The molecule has 4 nitrogen and oxygen atoms in total. The first kappa shape index (κ1) is 16.0. The Kier molecular flexibility index (Phi) is 4.92. The van der Waals surface area contributed by atoms with Gasteiger partial charge in [-0.1, -0.05) is 15.9 Å². The van der Waals surface area contributed by atoms with E-state index in [2.05, 4.69) is 31.9 Å². The van der Waals surface area contributed by atoms with E-state index in [4.69, 9.17) is 0 Å². The molecule has 1 unspecified atom stereocenters. The molecule has 1 aliphatic rings. The first-order valence-electron chi connectivity index (χ1n) is 6.30. The molecule has 0 aromatic heterocycles. The van der Waals surface area contributed by atoms with E-state index in [1.54, 1.807) is 17.0 Å². The number of rotatable bonds is 3. The van der Waals surface area contributed by atoms with Crippen LogP contribution in [0, 0.1) is 0 Å². The molecule has 1 fully saturated rings. The van der Waals surface area contributed by atoms with E-state index in [-0.39, 0.29) is 23.5 Å². The van der Waals surface area contributed by atoms with Gasteiger partial charge in [0, 0.05) is 21.5 Å². The molecule has 0 N–H and O–H groups in total. The molecule has 0 bridgehead atoms. The number of benzene rings is 1. The lowest BCUT2D eigenvalue weighted by atomic mass is 10.1. The van der Waals surface area contributed by atoms with Crippen LogP contribution in [-0.4, -0.2) is 43.3 Å². The molecule has 7 heteroatoms. The van der Waals surface area contributed by atoms with Gasteiger partial charge < -0.3 is 4.90 Å². The second-order valence-corrected chi connectivity index (χ2v) is 8.77. The predicted molar refractivity (Wildman–Crippen MR) is 85.6 cm³/mol. The number of halogens is 2. The highest BCUT2D eigenvalue weighted by molar-refractivity contribution is 9.11. The smallest absolute Gasteiger partial charge is 0.255 e. The monoisotopic (exact) mass is 423 g/mol. The van der Waals surface area contributed by atoms with E-state index < -0.39 is 9.84 Å². The van der Waals surface area contributed by atoms with Gasteiger partial charge in [0.1, 0.15) is 0 Å². The fourth-order valence-corrected chi connectivity index (χ4v) is 5.35. The maximum absolute atomic E-state index is 12.6. The number of carbonyl (C=O) groups is 1. The second-order valence-electron chi connectivity index (χ2n) is 4.77. The maximum atomic E-state index is 12.6. The summed E-state index contributed by atoms with van der Waals surface area (Å²) in [6, 6.07) is 5.14. The van der Waals surface area contributed by atoms with Crippen LogP contribution in [0.25, 0.3) is 0 Å². The van der Waals surface area contributed by atoms with E-state index >= 15 is 0 Å². The highest BCUT2D eigenvalue weighted by Gasteiger charge is 2.34. The molecule has 0 aliphatic carbocycles. The standard InChI is InChI=1S/C13H15Br2NO3S/c1-2-16(10-5-6-20(18,19)8-10)13(17)11-4-3-9(14)7-12(11)15/h3-4,7,10H,2,5-6,8H2,1H3. The fraction of sp³-hybridized carbons (Fsp3) is 0.462. The molecule has 20 heavy (non-hydrogen) atoms. The lowest BCUT2D eigenvalue weighted by Gasteiger charge is -2.27. The van der Waals surface area contributed by atoms with Crippen LogP contribution in [0.3, 0.4) is 0 Å². The summed E-state index contributed by atoms with van der Waals surface area (Å²) in [6.07, 6.45) is 0.524. The van der Waals surface area contributed by atoms with Crippen LogP contribution >= 0.6 is 31.9 Å². The minimum Gasteiger partial charge on any atom is -0.335 e. The summed E-state index contributed by atoms with van der Waals surface area (Å²) in [7, 11) is -3.00. The molecule has 0 saturated carbocycles. The van der Waals surface area contributed by atoms with Crippen LogP contribution in [0.5, 0.6) is 0 Å². The molecule has 1 amide bonds. The topological polar surface area (TPSA) is 54.5 Å². The average molecular weight is 425 g/mol. The lowest BCUT2D eigenvalue weighted by molar-refractivity contribution is 0.0707. The van der Waals surface area contributed by atoms with E-state index in [1.165, 1.54) is 0 Å². The number of hydrogen-bond acceptors (Lipinski definition) is 3. The summed E-state index contributed by atoms with van der Waals surface area (Å²) >= 11 is 6.73. The predicted octanol–water partition coefficient (Wildman–Crippen LogP) is 2.86. The first-order valence-corrected chi connectivity index (χ1v) is 9.71. The Balaban J connectivity index is 2.26. The zero-order valence-electron chi connectivity index (χ0n) is 11.0. The Bertz CT molecular complexity index is 631. The first-order chi connectivity index (χ1) is 9.34. The third-order valence-electron chi connectivity index (χ3n) is 3.41. The highest BCUT2D eigenvalue weighted by atomic mass is 79.9. The Labute approximate surface area is 135 Å². The van der Waals surface area contributed by atoms with Gasteiger partial charge in [0.05, 0.1) is 17.1 Å². The van der Waals surface area contributed by atoms with Gasteiger partial charge in [-0.2, -0.15) is 0 Å². The maximum Gasteiger partial charge on any atom is 0.255 e. The minimum absolute atomic E-state index is 0.0702. The Morgan fingerprint density at radius 2 is 2.10 bits per heavy atom. The van der Waals surface area contributed by atoms with Gasteiger partial charge in [-0.25, -0.2) is 8.42 Å². The largest absolute Gasteiger partial charge is 0.335 e. The molecular weight excluding hydrogens is 410 g/mol. The van der Waals surface area contributed by atoms with Gasteiger partial charge in [-0.05, 0) is 47.5 Å². The number of sulfone groups is 1. The summed E-state index contributed by atoms with van der Waals surface area (Å²) in [5.41, 5.74) is 0.555. The van der Waals surface area contributed by atoms with Gasteiger partial charge in [0.2, 0.25) is 0 Å². The van der Waals surface area contributed by atoms with Crippen molar-refractivity contribution in [2.24, 2.45) is 0 Å². The lowest BCUT2D eigenvalue weighted by Crippen LogP contribution is -2.41. The van der Waals surface area contributed by atoms with E-state index in [0.717, 1.165) is 4.47 Å². The Morgan fingerprint density at radius 1 is 1.40 bits per heavy atom. The molecule has 1 aliphatic heterocycles. The van der Waals surface area contributed by atoms with Crippen LogP contribution in [0.4, 0.5) is 0 Å². The summed E-state index contributed by atoms with van der Waals surface area (Å²) in [4.78, 5) is 14.2. The summed E-state index contributed by atoms with van der Waals surface area (Å²) in [5, 5.41) is 0.